The topological polar surface area (TPSA) is 24.9 Å². The van der Waals surface area contributed by atoms with Crippen LogP contribution in [0.2, 0.25) is 0 Å². The van der Waals surface area contributed by atoms with E-state index < -0.39 is 0 Å². The standard InChI is InChI=1S/C15H20N2/c1-5-6-12-7-8-14-13(9-12)15(16-4)10(2)11(3)17-14/h7-9H,5-6H2,1-4H3,(H,16,17). The van der Waals surface area contributed by atoms with Gasteiger partial charge in [-0.1, -0.05) is 19.4 Å². The average Bonchev–Trinajstić information content (AvgIpc) is 2.32. The number of pyridine rings is 1. The Balaban J connectivity index is 2.70. The van der Waals surface area contributed by atoms with Crippen LogP contribution in [0.1, 0.15) is 30.2 Å². The molecule has 0 aliphatic carbocycles. The van der Waals surface area contributed by atoms with Crippen molar-refractivity contribution in [3.8, 4) is 0 Å². The molecule has 2 heteroatoms. The van der Waals surface area contributed by atoms with Gasteiger partial charge in [0.1, 0.15) is 0 Å². The predicted octanol–water partition coefficient (Wildman–Crippen LogP) is 3.85. The summed E-state index contributed by atoms with van der Waals surface area (Å²) in [7, 11) is 1.98. The monoisotopic (exact) mass is 228 g/mol. The van der Waals surface area contributed by atoms with E-state index in [0.717, 1.165) is 17.6 Å². The summed E-state index contributed by atoms with van der Waals surface area (Å²) in [6.45, 7) is 6.40. The van der Waals surface area contributed by atoms with Crippen LogP contribution in [0.5, 0.6) is 0 Å². The molecule has 0 amide bonds. The zero-order chi connectivity index (χ0) is 12.4. The second-order valence-corrected chi connectivity index (χ2v) is 4.55. The highest BCUT2D eigenvalue weighted by atomic mass is 14.8. The first-order chi connectivity index (χ1) is 8.17. The first kappa shape index (κ1) is 11.9. The van der Waals surface area contributed by atoms with Crippen molar-refractivity contribution >= 4 is 16.6 Å². The van der Waals surface area contributed by atoms with E-state index in [0.29, 0.717) is 0 Å². The van der Waals surface area contributed by atoms with Gasteiger partial charge in [-0.3, -0.25) is 4.98 Å². The van der Waals surface area contributed by atoms with E-state index in [-0.39, 0.29) is 0 Å². The number of nitrogens with zero attached hydrogens (tertiary/aromatic N) is 1. The molecule has 0 aliphatic heterocycles. The maximum atomic E-state index is 4.65. The third kappa shape index (κ3) is 2.12. The summed E-state index contributed by atoms with van der Waals surface area (Å²) >= 11 is 0. The minimum atomic E-state index is 1.08. The van der Waals surface area contributed by atoms with Gasteiger partial charge in [0, 0.05) is 23.8 Å². The van der Waals surface area contributed by atoms with Crippen LogP contribution in [-0.2, 0) is 6.42 Å². The summed E-state index contributed by atoms with van der Waals surface area (Å²) in [6.07, 6.45) is 2.31. The molecule has 17 heavy (non-hydrogen) atoms. The lowest BCUT2D eigenvalue weighted by molar-refractivity contribution is 0.923. The summed E-state index contributed by atoms with van der Waals surface area (Å²) in [5.74, 6) is 0. The van der Waals surface area contributed by atoms with Crippen LogP contribution in [0.25, 0.3) is 10.9 Å². The Kier molecular flexibility index (Phi) is 3.32. The molecule has 0 atom stereocenters. The summed E-state index contributed by atoms with van der Waals surface area (Å²) in [4.78, 5) is 4.65. The fourth-order valence-corrected chi connectivity index (χ4v) is 2.29. The molecule has 90 valence electrons. The molecule has 0 saturated heterocycles. The second-order valence-electron chi connectivity index (χ2n) is 4.55. The maximum absolute atomic E-state index is 4.65. The van der Waals surface area contributed by atoms with E-state index in [9.17, 15) is 0 Å². The van der Waals surface area contributed by atoms with Crippen LogP contribution in [0.15, 0.2) is 18.2 Å². The van der Waals surface area contributed by atoms with E-state index in [1.165, 1.54) is 28.6 Å². The molecule has 1 heterocycles. The van der Waals surface area contributed by atoms with Gasteiger partial charge in [-0.05, 0) is 43.5 Å². The Morgan fingerprint density at radius 1 is 1.24 bits per heavy atom. The SMILES string of the molecule is CCCc1ccc2nc(C)c(C)c(NC)c2c1. The van der Waals surface area contributed by atoms with Gasteiger partial charge in [0.05, 0.1) is 5.52 Å². The minimum absolute atomic E-state index is 1.08. The molecule has 1 N–H and O–H groups in total. The van der Waals surface area contributed by atoms with Gasteiger partial charge >= 0.3 is 0 Å². The van der Waals surface area contributed by atoms with Crippen LogP contribution >= 0.6 is 0 Å². The number of hydrogen-bond acceptors (Lipinski definition) is 2. The first-order valence-electron chi connectivity index (χ1n) is 6.25. The highest BCUT2D eigenvalue weighted by Gasteiger charge is 2.08. The van der Waals surface area contributed by atoms with Crippen molar-refractivity contribution in [2.24, 2.45) is 0 Å². The van der Waals surface area contributed by atoms with Crippen LogP contribution < -0.4 is 5.32 Å². The number of benzene rings is 1. The molecule has 1 aromatic carbocycles. The normalized spacial score (nSPS) is 10.8. The van der Waals surface area contributed by atoms with E-state index in [1.54, 1.807) is 0 Å². The minimum Gasteiger partial charge on any atom is -0.387 e. The quantitative estimate of drug-likeness (QED) is 0.863. The molecule has 0 fully saturated rings. The van der Waals surface area contributed by atoms with Gasteiger partial charge in [-0.15, -0.1) is 0 Å². The van der Waals surface area contributed by atoms with Crippen molar-refractivity contribution in [1.82, 2.24) is 4.98 Å². The zero-order valence-electron chi connectivity index (χ0n) is 11.1. The van der Waals surface area contributed by atoms with Gasteiger partial charge in [-0.2, -0.15) is 0 Å². The number of hydrogen-bond donors (Lipinski definition) is 1. The van der Waals surface area contributed by atoms with Gasteiger partial charge in [0.25, 0.3) is 0 Å². The van der Waals surface area contributed by atoms with Crippen LogP contribution in [-0.4, -0.2) is 12.0 Å². The molecule has 2 rings (SSSR count). The van der Waals surface area contributed by atoms with Gasteiger partial charge < -0.3 is 5.32 Å². The highest BCUT2D eigenvalue weighted by Crippen LogP contribution is 2.28. The van der Waals surface area contributed by atoms with Gasteiger partial charge in [0.2, 0.25) is 0 Å². The second kappa shape index (κ2) is 4.74. The fraction of sp³-hybridized carbons (Fsp3) is 0.400. The molecule has 0 aliphatic rings. The largest absolute Gasteiger partial charge is 0.387 e. The maximum Gasteiger partial charge on any atom is 0.0726 e. The summed E-state index contributed by atoms with van der Waals surface area (Å²) in [6, 6.07) is 6.59. The predicted molar refractivity (Wildman–Crippen MR) is 74.8 cm³/mol. The molecular weight excluding hydrogens is 208 g/mol. The van der Waals surface area contributed by atoms with E-state index in [1.807, 2.05) is 7.05 Å². The smallest absolute Gasteiger partial charge is 0.0726 e. The first-order valence-corrected chi connectivity index (χ1v) is 6.25. The van der Waals surface area contributed by atoms with Crippen molar-refractivity contribution in [3.63, 3.8) is 0 Å². The Hall–Kier alpha value is -1.57. The molecule has 2 aromatic rings. The Bertz CT molecular complexity index is 544. The third-order valence-corrected chi connectivity index (χ3v) is 3.32. The number of nitrogens with one attached hydrogen (secondary N) is 1. The van der Waals surface area contributed by atoms with Crippen molar-refractivity contribution in [3.05, 3.63) is 35.0 Å². The summed E-state index contributed by atoms with van der Waals surface area (Å²) in [5.41, 5.74) is 6.03. The van der Waals surface area contributed by atoms with Crippen molar-refractivity contribution in [2.45, 2.75) is 33.6 Å². The summed E-state index contributed by atoms with van der Waals surface area (Å²) in [5, 5.41) is 4.55. The summed E-state index contributed by atoms with van der Waals surface area (Å²) < 4.78 is 0. The average molecular weight is 228 g/mol. The van der Waals surface area contributed by atoms with Gasteiger partial charge in [0.15, 0.2) is 0 Å². The third-order valence-electron chi connectivity index (χ3n) is 3.32. The lowest BCUT2D eigenvalue weighted by atomic mass is 10.0. The molecular formula is C15H20N2. The molecule has 0 saturated carbocycles. The fourth-order valence-electron chi connectivity index (χ4n) is 2.29. The molecule has 1 aromatic heterocycles. The number of aryl methyl sites for hydroxylation is 2. The Morgan fingerprint density at radius 3 is 2.65 bits per heavy atom. The highest BCUT2D eigenvalue weighted by molar-refractivity contribution is 5.93. The van der Waals surface area contributed by atoms with Crippen molar-refractivity contribution in [1.29, 1.82) is 0 Å². The van der Waals surface area contributed by atoms with Gasteiger partial charge in [-0.25, -0.2) is 0 Å². The Morgan fingerprint density at radius 2 is 2.00 bits per heavy atom. The van der Waals surface area contributed by atoms with E-state index in [4.69, 9.17) is 0 Å². The number of fused-ring (bicyclic) bond motifs is 1. The molecule has 2 nitrogen and oxygen atoms in total. The van der Waals surface area contributed by atoms with E-state index >= 15 is 0 Å². The lowest BCUT2D eigenvalue weighted by Gasteiger charge is -2.13. The number of anilines is 1. The molecule has 0 spiro atoms. The molecule has 0 radical (unpaired) electrons. The van der Waals surface area contributed by atoms with Crippen molar-refractivity contribution in [2.75, 3.05) is 12.4 Å². The molecule has 0 bridgehead atoms. The van der Waals surface area contributed by atoms with Crippen molar-refractivity contribution < 1.29 is 0 Å². The number of rotatable bonds is 3. The van der Waals surface area contributed by atoms with Crippen LogP contribution in [0, 0.1) is 13.8 Å². The Labute approximate surface area is 103 Å². The zero-order valence-corrected chi connectivity index (χ0v) is 11.1. The number of aromatic nitrogens is 1. The van der Waals surface area contributed by atoms with Crippen LogP contribution in [0.3, 0.4) is 0 Å². The molecule has 0 unspecified atom stereocenters. The lowest BCUT2D eigenvalue weighted by Crippen LogP contribution is -1.99. The van der Waals surface area contributed by atoms with Crippen LogP contribution in [0.4, 0.5) is 5.69 Å². The van der Waals surface area contributed by atoms with E-state index in [2.05, 4.69) is 49.3 Å².